The molecule has 1 aliphatic heterocycles. The largest absolute Gasteiger partial charge is 0.397 e. The fourth-order valence-electron chi connectivity index (χ4n) is 3.82. The van der Waals surface area contributed by atoms with Gasteiger partial charge in [-0.2, -0.15) is 8.42 Å². The minimum atomic E-state index is -4.17. The molecule has 1 heterocycles. The van der Waals surface area contributed by atoms with Gasteiger partial charge < -0.3 is 4.90 Å². The fourth-order valence-corrected chi connectivity index (χ4v) is 4.11. The van der Waals surface area contributed by atoms with Crippen molar-refractivity contribution in [2.24, 2.45) is 5.92 Å². The van der Waals surface area contributed by atoms with E-state index in [1.807, 2.05) is 0 Å². The minimum absolute atomic E-state index is 0.0289. The number of hydrogen-bond donors (Lipinski definition) is 1. The molecule has 1 N–H and O–H groups in total. The Balaban J connectivity index is 0.000000887. The Labute approximate surface area is 175 Å². The third kappa shape index (κ3) is 20.6. The van der Waals surface area contributed by atoms with E-state index in [0.29, 0.717) is 0 Å². The highest BCUT2D eigenvalue weighted by Crippen LogP contribution is 2.16. The Morgan fingerprint density at radius 3 is 1.79 bits per heavy atom. The molecular weight excluding hydrogens is 374 g/mol. The molecule has 1 unspecified atom stereocenters. The van der Waals surface area contributed by atoms with Gasteiger partial charge in [-0.15, -0.1) is 0 Å². The first-order valence-electron chi connectivity index (χ1n) is 11.7. The van der Waals surface area contributed by atoms with Gasteiger partial charge in [0.1, 0.15) is 0 Å². The van der Waals surface area contributed by atoms with Gasteiger partial charge in [0.15, 0.2) is 0 Å². The summed E-state index contributed by atoms with van der Waals surface area (Å²) in [5.41, 5.74) is 0. The molecule has 0 aromatic heterocycles. The Hall–Kier alpha value is -0.170. The van der Waals surface area contributed by atoms with Gasteiger partial charge in [-0.3, -0.25) is 4.55 Å². The van der Waals surface area contributed by atoms with E-state index in [2.05, 4.69) is 22.9 Å². The van der Waals surface area contributed by atoms with Gasteiger partial charge in [0.05, 0.1) is 6.61 Å². The smallest absolute Gasteiger partial charge is 0.303 e. The molecule has 1 fully saturated rings. The van der Waals surface area contributed by atoms with Crippen molar-refractivity contribution < 1.29 is 17.2 Å². The highest BCUT2D eigenvalue weighted by Gasteiger charge is 2.15. The summed E-state index contributed by atoms with van der Waals surface area (Å²) in [6, 6.07) is 0. The maximum atomic E-state index is 9.56. The molecule has 1 saturated heterocycles. The second-order valence-corrected chi connectivity index (χ2v) is 9.36. The van der Waals surface area contributed by atoms with Gasteiger partial charge in [0.25, 0.3) is 0 Å². The first-order chi connectivity index (χ1) is 13.4. The van der Waals surface area contributed by atoms with Gasteiger partial charge >= 0.3 is 10.4 Å². The predicted molar refractivity (Wildman–Crippen MR) is 119 cm³/mol. The van der Waals surface area contributed by atoms with Gasteiger partial charge in [-0.25, -0.2) is 4.18 Å². The monoisotopic (exact) mass is 421 g/mol. The normalized spacial score (nSPS) is 17.9. The van der Waals surface area contributed by atoms with E-state index >= 15 is 0 Å². The molecule has 0 aromatic carbocycles. The molecule has 0 spiro atoms. The van der Waals surface area contributed by atoms with Crippen LogP contribution in [-0.4, -0.2) is 44.1 Å². The van der Waals surface area contributed by atoms with Crippen LogP contribution in [0.5, 0.6) is 0 Å². The summed E-state index contributed by atoms with van der Waals surface area (Å²) in [6.45, 7) is 10.2. The lowest BCUT2D eigenvalue weighted by Gasteiger charge is -2.30. The summed E-state index contributed by atoms with van der Waals surface area (Å²) >= 11 is 0. The summed E-state index contributed by atoms with van der Waals surface area (Å²) < 4.78 is 30.7. The Bertz CT molecular complexity index is 428. The van der Waals surface area contributed by atoms with E-state index in [1.165, 1.54) is 116 Å². The highest BCUT2D eigenvalue weighted by molar-refractivity contribution is 7.80. The molecule has 0 amide bonds. The Kier molecular flexibility index (Phi) is 18.7. The maximum Gasteiger partial charge on any atom is 0.397 e. The number of piperidine rings is 1. The second kappa shape index (κ2) is 18.8. The van der Waals surface area contributed by atoms with Crippen LogP contribution in [0.2, 0.25) is 0 Å². The van der Waals surface area contributed by atoms with Crippen molar-refractivity contribution >= 4 is 10.4 Å². The Morgan fingerprint density at radius 1 is 0.893 bits per heavy atom. The molecule has 0 aliphatic carbocycles. The molecule has 170 valence electrons. The lowest BCUT2D eigenvalue weighted by molar-refractivity contribution is 0.180. The van der Waals surface area contributed by atoms with Gasteiger partial charge in [-0.1, -0.05) is 84.5 Å². The van der Waals surface area contributed by atoms with Crippen molar-refractivity contribution in [1.29, 1.82) is 0 Å². The molecule has 0 radical (unpaired) electrons. The van der Waals surface area contributed by atoms with E-state index in [9.17, 15) is 8.42 Å². The summed E-state index contributed by atoms with van der Waals surface area (Å²) in [7, 11) is -4.17. The Morgan fingerprint density at radius 2 is 1.39 bits per heavy atom. The van der Waals surface area contributed by atoms with Crippen molar-refractivity contribution in [3.8, 4) is 0 Å². The van der Waals surface area contributed by atoms with Gasteiger partial charge in [-0.05, 0) is 45.2 Å². The first-order valence-corrected chi connectivity index (χ1v) is 13.1. The number of likely N-dealkylation sites (tertiary alicyclic amines) is 1. The third-order valence-corrected chi connectivity index (χ3v) is 5.87. The van der Waals surface area contributed by atoms with Crippen LogP contribution in [0, 0.1) is 5.92 Å². The van der Waals surface area contributed by atoms with E-state index < -0.39 is 10.4 Å². The summed E-state index contributed by atoms with van der Waals surface area (Å²) in [5, 5.41) is 0. The lowest BCUT2D eigenvalue weighted by atomic mass is 10.00. The highest BCUT2D eigenvalue weighted by atomic mass is 32.3. The lowest BCUT2D eigenvalue weighted by Crippen LogP contribution is -2.34. The van der Waals surface area contributed by atoms with Crippen molar-refractivity contribution in [3.63, 3.8) is 0 Å². The predicted octanol–water partition coefficient (Wildman–Crippen LogP) is 6.25. The summed E-state index contributed by atoms with van der Waals surface area (Å²) in [4.78, 5) is 2.70. The molecule has 0 aromatic rings. The standard InChI is InChI=1S/C20H41N.C2H6O4S/c1-3-4-5-6-7-8-9-10-11-12-13-14-17-21-18-15-16-20(2)19-21;1-2-6-7(3,4)5/h20H,3-19H2,1-2H3;2H2,1H3,(H,3,4,5). The van der Waals surface area contributed by atoms with Crippen LogP contribution in [0.25, 0.3) is 0 Å². The quantitative estimate of drug-likeness (QED) is 0.250. The molecule has 1 rings (SSSR count). The zero-order valence-electron chi connectivity index (χ0n) is 18.8. The molecular formula is C22H47NO4S. The summed E-state index contributed by atoms with van der Waals surface area (Å²) in [6.07, 6.45) is 20.4. The first kappa shape index (κ1) is 27.8. The van der Waals surface area contributed by atoms with E-state index in [-0.39, 0.29) is 6.61 Å². The van der Waals surface area contributed by atoms with Crippen LogP contribution in [0.4, 0.5) is 0 Å². The third-order valence-electron chi connectivity index (χ3n) is 5.34. The fraction of sp³-hybridized carbons (Fsp3) is 1.00. The zero-order chi connectivity index (χ0) is 21.1. The molecule has 1 atom stereocenters. The van der Waals surface area contributed by atoms with Crippen LogP contribution in [0.15, 0.2) is 0 Å². The van der Waals surface area contributed by atoms with Crippen LogP contribution in [-0.2, 0) is 14.6 Å². The SMILES string of the molecule is CCCCCCCCCCCCCCN1CCCC(C)C1.CCOS(=O)(=O)O. The number of unbranched alkanes of at least 4 members (excludes halogenated alkanes) is 11. The van der Waals surface area contributed by atoms with E-state index in [0.717, 1.165) is 5.92 Å². The van der Waals surface area contributed by atoms with Crippen molar-refractivity contribution in [1.82, 2.24) is 4.90 Å². The molecule has 6 heteroatoms. The van der Waals surface area contributed by atoms with Gasteiger partial charge in [0, 0.05) is 6.54 Å². The maximum absolute atomic E-state index is 9.56. The average Bonchev–Trinajstić information content (AvgIpc) is 2.62. The molecule has 0 saturated carbocycles. The average molecular weight is 422 g/mol. The van der Waals surface area contributed by atoms with Crippen molar-refractivity contribution in [2.45, 2.75) is 111 Å². The number of rotatable bonds is 15. The molecule has 28 heavy (non-hydrogen) atoms. The van der Waals surface area contributed by atoms with E-state index in [4.69, 9.17) is 4.55 Å². The van der Waals surface area contributed by atoms with Crippen molar-refractivity contribution in [2.75, 3.05) is 26.2 Å². The molecule has 1 aliphatic rings. The number of hydrogen-bond acceptors (Lipinski definition) is 4. The summed E-state index contributed by atoms with van der Waals surface area (Å²) in [5.74, 6) is 0.941. The van der Waals surface area contributed by atoms with Crippen molar-refractivity contribution in [3.05, 3.63) is 0 Å². The second-order valence-electron chi connectivity index (χ2n) is 8.27. The van der Waals surface area contributed by atoms with Crippen LogP contribution in [0.1, 0.15) is 111 Å². The van der Waals surface area contributed by atoms with E-state index in [1.54, 1.807) is 0 Å². The van der Waals surface area contributed by atoms with Crippen LogP contribution < -0.4 is 0 Å². The van der Waals surface area contributed by atoms with Gasteiger partial charge in [0.2, 0.25) is 0 Å². The minimum Gasteiger partial charge on any atom is -0.303 e. The topological polar surface area (TPSA) is 66.8 Å². The molecule has 0 bridgehead atoms. The molecule has 5 nitrogen and oxygen atoms in total. The van der Waals surface area contributed by atoms with Crippen LogP contribution in [0.3, 0.4) is 0 Å². The van der Waals surface area contributed by atoms with Crippen LogP contribution >= 0.6 is 0 Å². The zero-order valence-corrected chi connectivity index (χ0v) is 19.6. The number of nitrogens with zero attached hydrogens (tertiary/aromatic N) is 1.